The van der Waals surface area contributed by atoms with Gasteiger partial charge in [0.05, 0.1) is 0 Å². The third-order valence-electron chi connectivity index (χ3n) is 4.55. The summed E-state index contributed by atoms with van der Waals surface area (Å²) >= 11 is 0. The number of hydrogen-bond donors (Lipinski definition) is 1. The summed E-state index contributed by atoms with van der Waals surface area (Å²) in [6.45, 7) is 0.776. The van der Waals surface area contributed by atoms with E-state index >= 15 is 0 Å². The van der Waals surface area contributed by atoms with Crippen LogP contribution in [0.1, 0.15) is 37.2 Å². The third-order valence-corrected chi connectivity index (χ3v) is 4.55. The molecule has 0 radical (unpaired) electrons. The fourth-order valence-corrected chi connectivity index (χ4v) is 3.60. The Bertz CT molecular complexity index is 535. The number of benzene rings is 1. The first-order chi connectivity index (χ1) is 8.81. The highest BCUT2D eigenvalue weighted by Crippen LogP contribution is 2.39. The monoisotopic (exact) mass is 242 g/mol. The Morgan fingerprint density at radius 2 is 2.00 bits per heavy atom. The third kappa shape index (κ3) is 1.85. The SMILES string of the molecule is Cn1cc(C(CN)C2CCCC2)c2ccccc21. The fraction of sp³-hybridized carbons (Fsp3) is 0.500. The number of hydrogen-bond acceptors (Lipinski definition) is 1. The highest BCUT2D eigenvalue weighted by Gasteiger charge is 2.27. The molecule has 1 aliphatic rings. The van der Waals surface area contributed by atoms with Crippen molar-refractivity contribution < 1.29 is 0 Å². The van der Waals surface area contributed by atoms with Crippen LogP contribution in [-0.2, 0) is 7.05 Å². The van der Waals surface area contributed by atoms with Gasteiger partial charge in [-0.2, -0.15) is 0 Å². The topological polar surface area (TPSA) is 30.9 Å². The highest BCUT2D eigenvalue weighted by molar-refractivity contribution is 5.84. The molecule has 1 heterocycles. The van der Waals surface area contributed by atoms with E-state index in [1.807, 2.05) is 0 Å². The van der Waals surface area contributed by atoms with Crippen LogP contribution in [0.2, 0.25) is 0 Å². The fourth-order valence-electron chi connectivity index (χ4n) is 3.60. The molecule has 0 saturated heterocycles. The molecule has 0 amide bonds. The molecule has 2 nitrogen and oxygen atoms in total. The summed E-state index contributed by atoms with van der Waals surface area (Å²) in [6, 6.07) is 8.68. The van der Waals surface area contributed by atoms with E-state index in [1.54, 1.807) is 0 Å². The molecular formula is C16H22N2. The van der Waals surface area contributed by atoms with Crippen LogP contribution in [0.3, 0.4) is 0 Å². The Morgan fingerprint density at radius 3 is 2.72 bits per heavy atom. The Labute approximate surface area is 109 Å². The van der Waals surface area contributed by atoms with Crippen molar-refractivity contribution in [3.8, 4) is 0 Å². The lowest BCUT2D eigenvalue weighted by atomic mass is 9.85. The summed E-state index contributed by atoms with van der Waals surface area (Å²) in [7, 11) is 2.13. The normalized spacial score (nSPS) is 18.6. The first-order valence-electron chi connectivity index (χ1n) is 7.05. The van der Waals surface area contributed by atoms with Gasteiger partial charge in [-0.1, -0.05) is 31.0 Å². The Balaban J connectivity index is 2.06. The van der Waals surface area contributed by atoms with E-state index in [0.717, 1.165) is 12.5 Å². The lowest BCUT2D eigenvalue weighted by Gasteiger charge is -2.21. The first kappa shape index (κ1) is 11.8. The number of aromatic nitrogens is 1. The largest absolute Gasteiger partial charge is 0.350 e. The van der Waals surface area contributed by atoms with Crippen LogP contribution in [0.15, 0.2) is 30.5 Å². The molecule has 2 aromatic rings. The summed E-state index contributed by atoms with van der Waals surface area (Å²) in [5, 5.41) is 1.39. The molecule has 18 heavy (non-hydrogen) atoms. The van der Waals surface area contributed by atoms with Gasteiger partial charge in [0.15, 0.2) is 0 Å². The number of aryl methyl sites for hydroxylation is 1. The molecule has 0 spiro atoms. The van der Waals surface area contributed by atoms with Crippen molar-refractivity contribution in [2.24, 2.45) is 18.7 Å². The van der Waals surface area contributed by atoms with Gasteiger partial charge in [0.2, 0.25) is 0 Å². The van der Waals surface area contributed by atoms with Crippen LogP contribution in [0.4, 0.5) is 0 Å². The number of nitrogens with zero attached hydrogens (tertiary/aromatic N) is 1. The molecule has 1 fully saturated rings. The van der Waals surface area contributed by atoms with Gasteiger partial charge < -0.3 is 10.3 Å². The predicted octanol–water partition coefficient (Wildman–Crippen LogP) is 3.41. The average Bonchev–Trinajstić information content (AvgIpc) is 3.01. The molecule has 1 atom stereocenters. The molecule has 1 saturated carbocycles. The minimum absolute atomic E-state index is 0.540. The van der Waals surface area contributed by atoms with Gasteiger partial charge in [0.1, 0.15) is 0 Å². The molecule has 0 bridgehead atoms. The van der Waals surface area contributed by atoms with Gasteiger partial charge in [0.25, 0.3) is 0 Å². The highest BCUT2D eigenvalue weighted by atomic mass is 14.9. The van der Waals surface area contributed by atoms with Gasteiger partial charge in [-0.15, -0.1) is 0 Å². The molecule has 1 aromatic heterocycles. The molecule has 3 rings (SSSR count). The van der Waals surface area contributed by atoms with Crippen LogP contribution in [0.5, 0.6) is 0 Å². The summed E-state index contributed by atoms with van der Waals surface area (Å²) in [4.78, 5) is 0. The molecule has 96 valence electrons. The lowest BCUT2D eigenvalue weighted by Crippen LogP contribution is -2.19. The molecule has 1 aromatic carbocycles. The van der Waals surface area contributed by atoms with Crippen molar-refractivity contribution in [2.45, 2.75) is 31.6 Å². The van der Waals surface area contributed by atoms with Crippen molar-refractivity contribution in [1.29, 1.82) is 0 Å². The second-order valence-corrected chi connectivity index (χ2v) is 5.60. The zero-order chi connectivity index (χ0) is 12.5. The van der Waals surface area contributed by atoms with E-state index in [0.29, 0.717) is 5.92 Å². The Morgan fingerprint density at radius 1 is 1.28 bits per heavy atom. The Kier molecular flexibility index (Phi) is 3.13. The molecular weight excluding hydrogens is 220 g/mol. The smallest absolute Gasteiger partial charge is 0.0480 e. The quantitative estimate of drug-likeness (QED) is 0.878. The number of rotatable bonds is 3. The Hall–Kier alpha value is -1.28. The summed E-state index contributed by atoms with van der Waals surface area (Å²) in [5.41, 5.74) is 8.86. The van der Waals surface area contributed by atoms with Crippen molar-refractivity contribution in [3.63, 3.8) is 0 Å². The van der Waals surface area contributed by atoms with E-state index in [4.69, 9.17) is 5.73 Å². The van der Waals surface area contributed by atoms with Crippen molar-refractivity contribution in [1.82, 2.24) is 4.57 Å². The number of fused-ring (bicyclic) bond motifs is 1. The average molecular weight is 242 g/mol. The van der Waals surface area contributed by atoms with E-state index in [2.05, 4.69) is 42.1 Å². The van der Waals surface area contributed by atoms with Crippen LogP contribution in [-0.4, -0.2) is 11.1 Å². The summed E-state index contributed by atoms with van der Waals surface area (Å²) in [5.74, 6) is 1.33. The number of para-hydroxylation sites is 1. The lowest BCUT2D eigenvalue weighted by molar-refractivity contribution is 0.442. The van der Waals surface area contributed by atoms with E-state index < -0.39 is 0 Å². The maximum atomic E-state index is 6.08. The van der Waals surface area contributed by atoms with Crippen molar-refractivity contribution >= 4 is 10.9 Å². The maximum Gasteiger partial charge on any atom is 0.0480 e. The van der Waals surface area contributed by atoms with Gasteiger partial charge in [-0.3, -0.25) is 0 Å². The van der Waals surface area contributed by atoms with Gasteiger partial charge in [-0.25, -0.2) is 0 Å². The van der Waals surface area contributed by atoms with Gasteiger partial charge >= 0.3 is 0 Å². The molecule has 1 unspecified atom stereocenters. The minimum Gasteiger partial charge on any atom is -0.350 e. The van der Waals surface area contributed by atoms with Crippen molar-refractivity contribution in [3.05, 3.63) is 36.0 Å². The van der Waals surface area contributed by atoms with Crippen LogP contribution < -0.4 is 5.73 Å². The standard InChI is InChI=1S/C16H22N2/c1-18-11-15(13-8-4-5-9-16(13)18)14(10-17)12-6-2-3-7-12/h4-5,8-9,11-12,14H,2-3,6-7,10,17H2,1H3. The van der Waals surface area contributed by atoms with Crippen LogP contribution in [0, 0.1) is 5.92 Å². The minimum atomic E-state index is 0.540. The van der Waals surface area contributed by atoms with Crippen molar-refractivity contribution in [2.75, 3.05) is 6.54 Å². The maximum absolute atomic E-state index is 6.08. The van der Waals surface area contributed by atoms with Gasteiger partial charge in [-0.05, 0) is 36.9 Å². The summed E-state index contributed by atoms with van der Waals surface area (Å²) in [6.07, 6.45) is 7.76. The van der Waals surface area contributed by atoms with Gasteiger partial charge in [0, 0.05) is 30.1 Å². The molecule has 2 heteroatoms. The van der Waals surface area contributed by atoms with E-state index in [-0.39, 0.29) is 0 Å². The van der Waals surface area contributed by atoms with E-state index in [9.17, 15) is 0 Å². The number of nitrogens with two attached hydrogens (primary N) is 1. The predicted molar refractivity (Wildman–Crippen MR) is 76.7 cm³/mol. The van der Waals surface area contributed by atoms with Crippen LogP contribution in [0.25, 0.3) is 10.9 Å². The first-order valence-corrected chi connectivity index (χ1v) is 7.05. The van der Waals surface area contributed by atoms with E-state index in [1.165, 1.54) is 42.1 Å². The molecule has 0 aliphatic heterocycles. The zero-order valence-corrected chi connectivity index (χ0v) is 11.1. The second-order valence-electron chi connectivity index (χ2n) is 5.60. The molecule has 2 N–H and O–H groups in total. The summed E-state index contributed by atoms with van der Waals surface area (Å²) < 4.78 is 2.24. The molecule has 1 aliphatic carbocycles. The van der Waals surface area contributed by atoms with Crippen LogP contribution >= 0.6 is 0 Å². The zero-order valence-electron chi connectivity index (χ0n) is 11.1. The second kappa shape index (κ2) is 4.77.